The lowest BCUT2D eigenvalue weighted by Gasteiger charge is -2.24. The van der Waals surface area contributed by atoms with E-state index in [1.165, 1.54) is 6.33 Å². The van der Waals surface area contributed by atoms with Crippen LogP contribution in [0.5, 0.6) is 5.75 Å². The van der Waals surface area contributed by atoms with E-state index in [2.05, 4.69) is 25.9 Å². The van der Waals surface area contributed by atoms with E-state index >= 15 is 0 Å². The number of ether oxygens (including phenoxy) is 1. The first-order valence-electron chi connectivity index (χ1n) is 11.2. The molecule has 1 aliphatic rings. The maximum Gasteiger partial charge on any atom is 0.300 e. The molecule has 9 nitrogen and oxygen atoms in total. The van der Waals surface area contributed by atoms with Gasteiger partial charge in [-0.1, -0.05) is 35.3 Å². The van der Waals surface area contributed by atoms with Gasteiger partial charge in [-0.2, -0.15) is 4.98 Å². The topological polar surface area (TPSA) is 98.0 Å². The molecule has 0 saturated carbocycles. The Morgan fingerprint density at radius 1 is 1.14 bits per heavy atom. The summed E-state index contributed by atoms with van der Waals surface area (Å²) >= 11 is 11.9. The molecule has 2 aromatic carbocycles. The van der Waals surface area contributed by atoms with E-state index in [0.29, 0.717) is 28.2 Å². The molecule has 1 unspecified atom stereocenters. The molecule has 5 rings (SSSR count). The number of hydrogen-bond donors (Lipinski definition) is 3. The van der Waals surface area contributed by atoms with Crippen molar-refractivity contribution in [2.24, 2.45) is 0 Å². The second-order valence-corrected chi connectivity index (χ2v) is 9.05. The molecule has 13 heteroatoms. The smallest absolute Gasteiger partial charge is 0.300 e. The molecular formula is C24H21Cl2F2N7O2. The molecule has 0 spiro atoms. The highest BCUT2D eigenvalue weighted by molar-refractivity contribution is 6.30. The van der Waals surface area contributed by atoms with Crippen LogP contribution in [-0.2, 0) is 13.1 Å². The molecule has 1 aliphatic heterocycles. The number of nitrogens with zero attached hydrogens (tertiary/aromatic N) is 4. The average Bonchev–Trinajstić information content (AvgIpc) is 3.29. The molecule has 1 atom stereocenters. The van der Waals surface area contributed by atoms with Gasteiger partial charge in [-0.05, 0) is 42.0 Å². The van der Waals surface area contributed by atoms with Gasteiger partial charge in [0.15, 0.2) is 17.4 Å². The number of alkyl halides is 2. The van der Waals surface area contributed by atoms with Crippen molar-refractivity contribution in [3.63, 3.8) is 0 Å². The van der Waals surface area contributed by atoms with Crippen LogP contribution in [0.25, 0.3) is 11.2 Å². The fraction of sp³-hybridized carbons (Fsp3) is 0.208. The van der Waals surface area contributed by atoms with E-state index in [0.717, 1.165) is 10.1 Å². The third kappa shape index (κ3) is 5.78. The Balaban J connectivity index is 1.45. The number of halogens is 4. The van der Waals surface area contributed by atoms with E-state index < -0.39 is 18.5 Å². The van der Waals surface area contributed by atoms with Crippen LogP contribution >= 0.6 is 23.2 Å². The molecule has 3 N–H and O–H groups in total. The van der Waals surface area contributed by atoms with Crippen molar-refractivity contribution in [1.82, 2.24) is 29.7 Å². The summed E-state index contributed by atoms with van der Waals surface area (Å²) < 4.78 is 34.8. The van der Waals surface area contributed by atoms with E-state index in [1.807, 2.05) is 12.1 Å². The highest BCUT2D eigenvalue weighted by Crippen LogP contribution is 2.23. The van der Waals surface area contributed by atoms with E-state index in [1.54, 1.807) is 47.2 Å². The number of fused-ring (bicyclic) bond motifs is 1. The summed E-state index contributed by atoms with van der Waals surface area (Å²) in [4.78, 5) is 21.3. The Morgan fingerprint density at radius 2 is 1.89 bits per heavy atom. The van der Waals surface area contributed by atoms with Crippen LogP contribution in [0.3, 0.4) is 0 Å². The molecule has 2 aromatic heterocycles. The molecule has 0 radical (unpaired) electrons. The minimum Gasteiger partial charge on any atom is -0.469 e. The van der Waals surface area contributed by atoms with Crippen LogP contribution in [0, 0.1) is 0 Å². The fourth-order valence-electron chi connectivity index (χ4n) is 3.85. The van der Waals surface area contributed by atoms with Crippen LogP contribution < -0.4 is 26.2 Å². The molecule has 0 fully saturated rings. The van der Waals surface area contributed by atoms with Gasteiger partial charge in [0.25, 0.3) is 6.43 Å². The summed E-state index contributed by atoms with van der Waals surface area (Å²) in [6.45, 7) is 0.108. The molecule has 37 heavy (non-hydrogen) atoms. The second kappa shape index (κ2) is 10.7. The van der Waals surface area contributed by atoms with Crippen molar-refractivity contribution in [2.45, 2.75) is 25.7 Å². The third-order valence-corrected chi connectivity index (χ3v) is 6.06. The molecule has 0 amide bonds. The number of rotatable bonds is 8. The molecule has 0 saturated heterocycles. The molecule has 3 heterocycles. The monoisotopic (exact) mass is 547 g/mol. The summed E-state index contributed by atoms with van der Waals surface area (Å²) in [6.07, 6.45) is -0.0910. The summed E-state index contributed by atoms with van der Waals surface area (Å²) in [5.41, 5.74) is 1.07. The number of anilines is 2. The number of nitrogens with one attached hydrogen (secondary N) is 3. The lowest BCUT2D eigenvalue weighted by Crippen LogP contribution is -2.43. The first-order valence-corrected chi connectivity index (χ1v) is 12.0. The zero-order valence-corrected chi connectivity index (χ0v) is 20.7. The zero-order valence-electron chi connectivity index (χ0n) is 19.2. The van der Waals surface area contributed by atoms with Crippen molar-refractivity contribution < 1.29 is 13.5 Å². The van der Waals surface area contributed by atoms with Gasteiger partial charge in [0.05, 0.1) is 26.0 Å². The minimum atomic E-state index is -2.65. The number of hydrogen-bond acceptors (Lipinski definition) is 7. The van der Waals surface area contributed by atoms with Crippen LogP contribution in [0.2, 0.25) is 5.02 Å². The van der Waals surface area contributed by atoms with Gasteiger partial charge in [-0.15, -0.1) is 0 Å². The molecular weight excluding hydrogens is 527 g/mol. The lowest BCUT2D eigenvalue weighted by atomic mass is 10.2. The standard InChI is InChI=1S/C24H21Cl2F2N7O2/c25-15-3-1-14(2-4-15)11-35-22-21(34(13-31-22)12-19(27)28)23(36)33-24(35)32-16-5-7-17(8-6-16)37-20-10-29-18(26)9-30-20/h1-9,13,19-20,29-30H,10-12H2,(H,32,33,36). The third-order valence-electron chi connectivity index (χ3n) is 5.57. The van der Waals surface area contributed by atoms with Crippen LogP contribution in [0.1, 0.15) is 5.56 Å². The molecule has 4 aromatic rings. The summed E-state index contributed by atoms with van der Waals surface area (Å²) in [5, 5.41) is 10.2. The van der Waals surface area contributed by atoms with Gasteiger partial charge in [-0.3, -0.25) is 9.36 Å². The minimum absolute atomic E-state index is 0.00584. The summed E-state index contributed by atoms with van der Waals surface area (Å²) in [5.74, 6) is 0.824. The Kier molecular flexibility index (Phi) is 7.15. The fourth-order valence-corrected chi connectivity index (χ4v) is 4.12. The predicted octanol–water partition coefficient (Wildman–Crippen LogP) is 4.24. The van der Waals surface area contributed by atoms with Crippen molar-refractivity contribution in [3.8, 4) is 5.75 Å². The normalized spacial score (nSPS) is 15.3. The Bertz CT molecular complexity index is 1490. The summed E-state index contributed by atoms with van der Waals surface area (Å²) in [7, 11) is 0. The maximum atomic E-state index is 13.1. The highest BCUT2D eigenvalue weighted by Gasteiger charge is 2.19. The average molecular weight is 548 g/mol. The molecule has 0 bridgehead atoms. The Hall–Kier alpha value is -3.83. The predicted molar refractivity (Wildman–Crippen MR) is 138 cm³/mol. The van der Waals surface area contributed by atoms with Crippen molar-refractivity contribution >= 4 is 46.0 Å². The summed E-state index contributed by atoms with van der Waals surface area (Å²) in [6, 6.07) is 14.2. The number of benzene rings is 2. The number of imidazole rings is 1. The van der Waals surface area contributed by atoms with Gasteiger partial charge < -0.3 is 25.3 Å². The second-order valence-electron chi connectivity index (χ2n) is 8.21. The van der Waals surface area contributed by atoms with Crippen molar-refractivity contribution in [1.29, 1.82) is 0 Å². The quantitative estimate of drug-likeness (QED) is 0.284. The SMILES string of the molecule is O=c1nc(Nc2ccc(OC3CNC(Cl)=CN3)cc2)n(Cc2ccc(Cl)cc2)c2ncn(CC(F)F)c12. The van der Waals surface area contributed by atoms with Crippen LogP contribution in [0.15, 0.2) is 71.0 Å². The van der Waals surface area contributed by atoms with Crippen LogP contribution in [0.4, 0.5) is 20.4 Å². The number of aromatic nitrogens is 4. The Morgan fingerprint density at radius 3 is 2.57 bits per heavy atom. The highest BCUT2D eigenvalue weighted by atomic mass is 35.5. The van der Waals surface area contributed by atoms with Gasteiger partial charge in [-0.25, -0.2) is 13.8 Å². The van der Waals surface area contributed by atoms with Crippen LogP contribution in [-0.4, -0.2) is 38.3 Å². The van der Waals surface area contributed by atoms with Gasteiger partial charge >= 0.3 is 5.56 Å². The largest absolute Gasteiger partial charge is 0.469 e. The zero-order chi connectivity index (χ0) is 25.9. The first kappa shape index (κ1) is 24.8. The van der Waals surface area contributed by atoms with E-state index in [9.17, 15) is 13.6 Å². The van der Waals surface area contributed by atoms with Gasteiger partial charge in [0, 0.05) is 16.9 Å². The Labute approximate surface area is 219 Å². The molecule has 0 aliphatic carbocycles. The lowest BCUT2D eigenvalue weighted by molar-refractivity contribution is 0.128. The molecule has 192 valence electrons. The van der Waals surface area contributed by atoms with Gasteiger partial charge in [0.1, 0.15) is 10.9 Å². The van der Waals surface area contributed by atoms with Gasteiger partial charge in [0.2, 0.25) is 5.95 Å². The van der Waals surface area contributed by atoms with E-state index in [4.69, 9.17) is 27.9 Å². The first-order chi connectivity index (χ1) is 17.9. The van der Waals surface area contributed by atoms with E-state index in [-0.39, 0.29) is 29.9 Å². The maximum absolute atomic E-state index is 13.1. The van der Waals surface area contributed by atoms with Crippen molar-refractivity contribution in [2.75, 3.05) is 11.9 Å². The van der Waals surface area contributed by atoms with Crippen molar-refractivity contribution in [3.05, 3.63) is 87.2 Å².